The molecule has 2 N–H and O–H groups in total. The van der Waals surface area contributed by atoms with Crippen LogP contribution in [0.15, 0.2) is 36.7 Å². The molecule has 8 heteroatoms. The van der Waals surface area contributed by atoms with Crippen LogP contribution in [0.25, 0.3) is 10.7 Å². The molecule has 0 bridgehead atoms. The molecule has 3 heterocycles. The van der Waals surface area contributed by atoms with Crippen molar-refractivity contribution >= 4 is 17.2 Å². The van der Waals surface area contributed by atoms with Crippen molar-refractivity contribution < 1.29 is 9.50 Å². The second-order valence-electron chi connectivity index (χ2n) is 6.91. The van der Waals surface area contributed by atoms with E-state index >= 15 is 0 Å². The molecule has 0 radical (unpaired) electrons. The lowest BCUT2D eigenvalue weighted by Gasteiger charge is -2.44. The quantitative estimate of drug-likeness (QED) is 0.678. The van der Waals surface area contributed by atoms with Crippen LogP contribution in [0, 0.1) is 6.92 Å². The molecule has 0 aromatic carbocycles. The van der Waals surface area contributed by atoms with E-state index in [0.717, 1.165) is 21.1 Å². The summed E-state index contributed by atoms with van der Waals surface area (Å²) in [5, 5.41) is 21.8. The highest BCUT2D eigenvalue weighted by Gasteiger charge is 2.47. The van der Waals surface area contributed by atoms with Gasteiger partial charge in [-0.15, -0.1) is 21.5 Å². The Kier molecular flexibility index (Phi) is 4.84. The van der Waals surface area contributed by atoms with Gasteiger partial charge in [0, 0.05) is 30.0 Å². The maximum Gasteiger partial charge on any atom is 0.148 e. The number of alkyl halides is 1. The molecule has 1 saturated carbocycles. The van der Waals surface area contributed by atoms with Crippen LogP contribution in [0.2, 0.25) is 0 Å². The number of nitrogens with one attached hydrogen (secondary N) is 1. The molecule has 6 nitrogen and oxygen atoms in total. The van der Waals surface area contributed by atoms with E-state index in [-0.39, 0.29) is 12.0 Å². The molecule has 0 amide bonds. The smallest absolute Gasteiger partial charge is 0.148 e. The number of aliphatic hydroxyl groups is 1. The van der Waals surface area contributed by atoms with Crippen molar-refractivity contribution in [2.75, 3.05) is 11.9 Å². The Morgan fingerprint density at radius 1 is 1.30 bits per heavy atom. The predicted octanol–water partition coefficient (Wildman–Crippen LogP) is 3.28. The molecule has 1 fully saturated rings. The monoisotopic (exact) mass is 385 g/mol. The van der Waals surface area contributed by atoms with Crippen molar-refractivity contribution in [1.82, 2.24) is 20.2 Å². The van der Waals surface area contributed by atoms with E-state index in [2.05, 4.69) is 25.5 Å². The minimum atomic E-state index is -0.783. The second kappa shape index (κ2) is 7.28. The lowest BCUT2D eigenvalue weighted by Crippen LogP contribution is -2.48. The molecule has 3 aromatic heterocycles. The minimum Gasteiger partial charge on any atom is -0.391 e. The third-order valence-corrected chi connectivity index (χ3v) is 5.93. The van der Waals surface area contributed by atoms with Gasteiger partial charge in [0.25, 0.3) is 0 Å². The Labute approximate surface area is 160 Å². The predicted molar refractivity (Wildman–Crippen MR) is 102 cm³/mol. The van der Waals surface area contributed by atoms with Crippen LogP contribution >= 0.6 is 11.3 Å². The van der Waals surface area contributed by atoms with Crippen molar-refractivity contribution in [2.24, 2.45) is 0 Å². The van der Waals surface area contributed by atoms with Gasteiger partial charge in [0.05, 0.1) is 11.5 Å². The van der Waals surface area contributed by atoms with E-state index in [1.807, 2.05) is 31.2 Å². The number of aryl methyl sites for hydroxylation is 1. The van der Waals surface area contributed by atoms with Gasteiger partial charge >= 0.3 is 0 Å². The van der Waals surface area contributed by atoms with Crippen LogP contribution in [0.5, 0.6) is 0 Å². The lowest BCUT2D eigenvalue weighted by atomic mass is 9.65. The normalized spacial score (nSPS) is 21.7. The number of thiazole rings is 1. The lowest BCUT2D eigenvalue weighted by molar-refractivity contribution is 0.0996. The number of rotatable bonds is 6. The first-order valence-corrected chi connectivity index (χ1v) is 9.61. The maximum atomic E-state index is 13.7. The Balaban J connectivity index is 1.50. The highest BCUT2D eigenvalue weighted by Crippen LogP contribution is 2.44. The molecular formula is C19H20FN5OS. The third-order valence-electron chi connectivity index (χ3n) is 4.94. The molecule has 4 rings (SSSR count). The van der Waals surface area contributed by atoms with E-state index in [4.69, 9.17) is 0 Å². The van der Waals surface area contributed by atoms with Crippen molar-refractivity contribution in [1.29, 1.82) is 0 Å². The Bertz CT molecular complexity index is 927. The minimum absolute atomic E-state index is 0.0328. The van der Waals surface area contributed by atoms with Gasteiger partial charge in [0.2, 0.25) is 0 Å². The number of hydrogen-bond donors (Lipinski definition) is 2. The van der Waals surface area contributed by atoms with Crippen LogP contribution in [0.1, 0.15) is 29.0 Å². The number of nitrogens with zero attached hydrogens (tertiary/aromatic N) is 4. The highest BCUT2D eigenvalue weighted by atomic mass is 32.1. The molecule has 1 aliphatic rings. The van der Waals surface area contributed by atoms with Gasteiger partial charge in [-0.2, -0.15) is 0 Å². The van der Waals surface area contributed by atoms with Gasteiger partial charge in [-0.3, -0.25) is 4.98 Å². The molecule has 0 saturated heterocycles. The van der Waals surface area contributed by atoms with Crippen LogP contribution in [-0.4, -0.2) is 38.0 Å². The summed E-state index contributed by atoms with van der Waals surface area (Å²) in [6, 6.07) is 7.67. The zero-order chi connectivity index (χ0) is 18.9. The molecule has 0 unspecified atom stereocenters. The molecule has 0 atom stereocenters. The first-order valence-electron chi connectivity index (χ1n) is 8.79. The van der Waals surface area contributed by atoms with Crippen molar-refractivity contribution in [3.8, 4) is 10.7 Å². The van der Waals surface area contributed by atoms with Crippen LogP contribution in [0.4, 0.5) is 10.2 Å². The third kappa shape index (κ3) is 3.54. The summed E-state index contributed by atoms with van der Waals surface area (Å²) in [6.45, 7) is 2.48. The molecule has 1 aliphatic carbocycles. The summed E-state index contributed by atoms with van der Waals surface area (Å²) in [4.78, 5) is 9.51. The molecule has 27 heavy (non-hydrogen) atoms. The van der Waals surface area contributed by atoms with E-state index < -0.39 is 6.17 Å². The molecule has 140 valence electrons. The number of aromatic nitrogens is 4. The summed E-state index contributed by atoms with van der Waals surface area (Å²) in [5.74, 6) is 0.646. The van der Waals surface area contributed by atoms with Crippen molar-refractivity contribution in [2.45, 2.75) is 38.0 Å². The van der Waals surface area contributed by atoms with Crippen LogP contribution in [0.3, 0.4) is 0 Å². The van der Waals surface area contributed by atoms with Crippen molar-refractivity contribution in [3.63, 3.8) is 0 Å². The van der Waals surface area contributed by atoms with Crippen molar-refractivity contribution in [3.05, 3.63) is 52.8 Å². The fourth-order valence-corrected chi connectivity index (χ4v) is 4.26. The largest absolute Gasteiger partial charge is 0.391 e. The average molecular weight is 385 g/mol. The average Bonchev–Trinajstić information content (AvgIpc) is 3.14. The molecule has 0 aliphatic heterocycles. The zero-order valence-corrected chi connectivity index (χ0v) is 15.7. The highest BCUT2D eigenvalue weighted by molar-refractivity contribution is 7.15. The summed E-state index contributed by atoms with van der Waals surface area (Å²) in [7, 11) is 0. The Morgan fingerprint density at radius 2 is 2.15 bits per heavy atom. The zero-order valence-electron chi connectivity index (χ0n) is 14.9. The van der Waals surface area contributed by atoms with Gasteiger partial charge < -0.3 is 10.4 Å². The van der Waals surface area contributed by atoms with Gasteiger partial charge in [-0.05, 0) is 43.5 Å². The van der Waals surface area contributed by atoms with Crippen LogP contribution < -0.4 is 5.32 Å². The summed E-state index contributed by atoms with van der Waals surface area (Å²) in [5.41, 5.74) is 2.25. The van der Waals surface area contributed by atoms with Gasteiger partial charge in [-0.1, -0.05) is 6.07 Å². The number of pyridine rings is 1. The fraction of sp³-hybridized carbons (Fsp3) is 0.368. The second-order valence-corrected chi connectivity index (χ2v) is 8.02. The SMILES string of the molecule is Cc1cc(NCC2(c3ccccn3)CC(F)C2)nnc1-c1ncc(CO)s1. The summed E-state index contributed by atoms with van der Waals surface area (Å²) >= 11 is 1.40. The standard InChI is InChI=1S/C19H20FN5OS/c1-12-6-16(24-25-17(12)18-22-9-14(10-26)27-18)23-11-19(7-13(20)8-19)15-4-2-3-5-21-15/h2-6,9,13,26H,7-8,10-11H2,1H3,(H,23,24). The van der Waals surface area contributed by atoms with E-state index in [9.17, 15) is 9.50 Å². The van der Waals surface area contributed by atoms with E-state index in [1.165, 1.54) is 11.3 Å². The Morgan fingerprint density at radius 3 is 2.78 bits per heavy atom. The van der Waals surface area contributed by atoms with E-state index in [0.29, 0.717) is 30.9 Å². The molecular weight excluding hydrogens is 365 g/mol. The summed E-state index contributed by atoms with van der Waals surface area (Å²) in [6.07, 6.45) is 3.54. The number of halogens is 1. The number of aliphatic hydroxyl groups excluding tert-OH is 1. The number of anilines is 1. The summed E-state index contributed by atoms with van der Waals surface area (Å²) < 4.78 is 13.7. The number of hydrogen-bond acceptors (Lipinski definition) is 7. The van der Waals surface area contributed by atoms with Gasteiger partial charge in [0.1, 0.15) is 22.7 Å². The fourth-order valence-electron chi connectivity index (χ4n) is 3.44. The van der Waals surface area contributed by atoms with E-state index in [1.54, 1.807) is 12.4 Å². The molecule has 0 spiro atoms. The van der Waals surface area contributed by atoms with Gasteiger partial charge in [0.15, 0.2) is 0 Å². The molecule has 3 aromatic rings. The Hall–Kier alpha value is -2.45. The maximum absolute atomic E-state index is 13.7. The topological polar surface area (TPSA) is 83.8 Å². The first kappa shape index (κ1) is 17.9. The first-order chi connectivity index (χ1) is 13.1. The van der Waals surface area contributed by atoms with Gasteiger partial charge in [-0.25, -0.2) is 9.37 Å². The van der Waals surface area contributed by atoms with Crippen LogP contribution in [-0.2, 0) is 12.0 Å².